The highest BCUT2D eigenvalue weighted by Gasteiger charge is 2.16. The maximum Gasteiger partial charge on any atom is 0.328 e. The highest BCUT2D eigenvalue weighted by atomic mass is 35.5. The predicted molar refractivity (Wildman–Crippen MR) is 85.6 cm³/mol. The van der Waals surface area contributed by atoms with E-state index >= 15 is 0 Å². The summed E-state index contributed by atoms with van der Waals surface area (Å²) < 4.78 is 3.19. The Hall–Kier alpha value is -2.04. The first-order chi connectivity index (χ1) is 10.0. The lowest BCUT2D eigenvalue weighted by molar-refractivity contribution is 0.795. The van der Waals surface area contributed by atoms with Crippen LogP contribution in [0.5, 0.6) is 0 Å². The van der Waals surface area contributed by atoms with Gasteiger partial charge in [-0.2, -0.15) is 0 Å². The van der Waals surface area contributed by atoms with Gasteiger partial charge in [0.2, 0.25) is 0 Å². The van der Waals surface area contributed by atoms with Gasteiger partial charge in [0.15, 0.2) is 0 Å². The molecule has 0 spiro atoms. The Balaban J connectivity index is 2.22. The van der Waals surface area contributed by atoms with Crippen LogP contribution in [0.15, 0.2) is 47.3 Å². The number of aromatic nitrogens is 2. The average molecular weight is 302 g/mol. The van der Waals surface area contributed by atoms with E-state index in [-0.39, 0.29) is 11.7 Å². The van der Waals surface area contributed by atoms with Crippen LogP contribution in [-0.4, -0.2) is 9.13 Å². The Morgan fingerprint density at radius 2 is 1.62 bits per heavy atom. The third kappa shape index (κ3) is 2.17. The molecule has 2 aromatic carbocycles. The van der Waals surface area contributed by atoms with Crippen molar-refractivity contribution in [2.24, 2.45) is 19.8 Å². The smallest absolute Gasteiger partial charge is 0.320 e. The highest BCUT2D eigenvalue weighted by molar-refractivity contribution is 6.32. The number of hydrogen-bond donors (Lipinski definition) is 1. The van der Waals surface area contributed by atoms with Crippen molar-refractivity contribution in [2.75, 3.05) is 0 Å². The van der Waals surface area contributed by atoms with Crippen LogP contribution >= 0.6 is 11.6 Å². The van der Waals surface area contributed by atoms with E-state index < -0.39 is 0 Å². The van der Waals surface area contributed by atoms with Crippen molar-refractivity contribution < 1.29 is 0 Å². The first-order valence-electron chi connectivity index (χ1n) is 6.66. The lowest BCUT2D eigenvalue weighted by Crippen LogP contribution is -2.19. The lowest BCUT2D eigenvalue weighted by Gasteiger charge is -2.14. The van der Waals surface area contributed by atoms with Crippen LogP contribution in [0.25, 0.3) is 11.0 Å². The van der Waals surface area contributed by atoms with Gasteiger partial charge < -0.3 is 5.73 Å². The Morgan fingerprint density at radius 3 is 2.24 bits per heavy atom. The summed E-state index contributed by atoms with van der Waals surface area (Å²) >= 11 is 6.38. The summed E-state index contributed by atoms with van der Waals surface area (Å²) in [5.74, 6) is 0. The zero-order valence-corrected chi connectivity index (χ0v) is 12.6. The summed E-state index contributed by atoms with van der Waals surface area (Å²) in [6.45, 7) is 0. The third-order valence-corrected chi connectivity index (χ3v) is 4.21. The van der Waals surface area contributed by atoms with Crippen LogP contribution < -0.4 is 11.4 Å². The molecule has 5 heteroatoms. The topological polar surface area (TPSA) is 53.0 Å². The molecule has 1 unspecified atom stereocenters. The Morgan fingerprint density at radius 1 is 1.05 bits per heavy atom. The predicted octanol–water partition coefficient (Wildman–Crippen LogP) is 2.58. The number of imidazole rings is 1. The van der Waals surface area contributed by atoms with Gasteiger partial charge in [-0.05, 0) is 23.3 Å². The van der Waals surface area contributed by atoms with Crippen LogP contribution in [0.3, 0.4) is 0 Å². The van der Waals surface area contributed by atoms with Gasteiger partial charge in [0, 0.05) is 19.1 Å². The minimum absolute atomic E-state index is 0.0773. The molecule has 1 heterocycles. The van der Waals surface area contributed by atoms with Crippen molar-refractivity contribution in [1.29, 1.82) is 0 Å². The Bertz CT molecular complexity index is 865. The molecule has 0 bridgehead atoms. The molecule has 0 saturated heterocycles. The van der Waals surface area contributed by atoms with Crippen LogP contribution in [0.1, 0.15) is 17.2 Å². The summed E-state index contributed by atoms with van der Waals surface area (Å²) in [4.78, 5) is 12.0. The standard InChI is InChI=1S/C16H16ClN3O/c1-19-13-8-11(15(18)10-6-4-3-5-7-10)12(17)9-14(13)20(2)16(19)21/h3-9,15H,18H2,1-2H3. The first-order valence-corrected chi connectivity index (χ1v) is 7.04. The SMILES string of the molecule is Cn1c(=O)n(C)c2cc(C(N)c3ccccc3)c(Cl)cc21. The first kappa shape index (κ1) is 13.9. The fourth-order valence-electron chi connectivity index (χ4n) is 2.61. The van der Waals surface area contributed by atoms with E-state index in [1.807, 2.05) is 36.4 Å². The molecule has 0 aliphatic rings. The van der Waals surface area contributed by atoms with Gasteiger partial charge in [-0.3, -0.25) is 9.13 Å². The zero-order valence-electron chi connectivity index (χ0n) is 11.9. The van der Waals surface area contributed by atoms with Crippen molar-refractivity contribution in [3.8, 4) is 0 Å². The van der Waals surface area contributed by atoms with E-state index in [0.29, 0.717) is 5.02 Å². The number of rotatable bonds is 2. The molecule has 0 aliphatic heterocycles. The number of benzene rings is 2. The van der Waals surface area contributed by atoms with Gasteiger partial charge in [-0.25, -0.2) is 4.79 Å². The van der Waals surface area contributed by atoms with E-state index in [9.17, 15) is 4.79 Å². The van der Waals surface area contributed by atoms with Gasteiger partial charge in [0.05, 0.1) is 17.1 Å². The van der Waals surface area contributed by atoms with E-state index in [0.717, 1.165) is 22.2 Å². The molecule has 0 radical (unpaired) electrons. The molecule has 3 rings (SSSR count). The largest absolute Gasteiger partial charge is 0.328 e. The van der Waals surface area contributed by atoms with Gasteiger partial charge in [0.25, 0.3) is 0 Å². The molecule has 1 aromatic heterocycles. The molecule has 0 saturated carbocycles. The van der Waals surface area contributed by atoms with Crippen LogP contribution in [0.2, 0.25) is 5.02 Å². The van der Waals surface area contributed by atoms with Gasteiger partial charge in [-0.15, -0.1) is 0 Å². The Labute approximate surface area is 127 Å². The maximum atomic E-state index is 12.0. The second-order valence-electron chi connectivity index (χ2n) is 5.15. The summed E-state index contributed by atoms with van der Waals surface area (Å²) in [6, 6.07) is 13.2. The molecule has 0 aliphatic carbocycles. The van der Waals surface area contributed by atoms with Crippen LogP contribution in [0.4, 0.5) is 0 Å². The number of nitrogens with zero attached hydrogens (tertiary/aromatic N) is 2. The van der Waals surface area contributed by atoms with E-state index in [1.54, 1.807) is 29.3 Å². The molecule has 0 amide bonds. The summed E-state index contributed by atoms with van der Waals surface area (Å²) in [5.41, 5.74) is 9.68. The van der Waals surface area contributed by atoms with E-state index in [4.69, 9.17) is 17.3 Å². The highest BCUT2D eigenvalue weighted by Crippen LogP contribution is 2.30. The quantitative estimate of drug-likeness (QED) is 0.791. The van der Waals surface area contributed by atoms with Crippen LogP contribution in [-0.2, 0) is 14.1 Å². The van der Waals surface area contributed by atoms with Crippen molar-refractivity contribution in [2.45, 2.75) is 6.04 Å². The number of halogens is 1. The monoisotopic (exact) mass is 301 g/mol. The van der Waals surface area contributed by atoms with Crippen molar-refractivity contribution in [1.82, 2.24) is 9.13 Å². The average Bonchev–Trinajstić information content (AvgIpc) is 2.71. The molecule has 3 aromatic rings. The number of hydrogen-bond acceptors (Lipinski definition) is 2. The number of aryl methyl sites for hydroxylation is 2. The summed E-state index contributed by atoms with van der Waals surface area (Å²) in [7, 11) is 3.48. The second kappa shape index (κ2) is 5.06. The summed E-state index contributed by atoms with van der Waals surface area (Å²) in [6.07, 6.45) is 0. The lowest BCUT2D eigenvalue weighted by atomic mass is 9.99. The van der Waals surface area contributed by atoms with Crippen LogP contribution in [0, 0.1) is 0 Å². The molecule has 21 heavy (non-hydrogen) atoms. The minimum atomic E-state index is -0.321. The second-order valence-corrected chi connectivity index (χ2v) is 5.56. The molecular formula is C16H16ClN3O. The third-order valence-electron chi connectivity index (χ3n) is 3.88. The molecule has 4 nitrogen and oxygen atoms in total. The fraction of sp³-hybridized carbons (Fsp3) is 0.188. The molecule has 2 N–H and O–H groups in total. The zero-order chi connectivity index (χ0) is 15.1. The fourth-order valence-corrected chi connectivity index (χ4v) is 2.89. The van der Waals surface area contributed by atoms with Gasteiger partial charge in [0.1, 0.15) is 0 Å². The van der Waals surface area contributed by atoms with Gasteiger partial charge >= 0.3 is 5.69 Å². The molecular weight excluding hydrogens is 286 g/mol. The van der Waals surface area contributed by atoms with E-state index in [1.165, 1.54) is 0 Å². The number of nitrogens with two attached hydrogens (primary N) is 1. The molecule has 108 valence electrons. The maximum absolute atomic E-state index is 12.0. The van der Waals surface area contributed by atoms with E-state index in [2.05, 4.69) is 0 Å². The van der Waals surface area contributed by atoms with Crippen molar-refractivity contribution in [3.05, 3.63) is 69.1 Å². The normalized spacial score (nSPS) is 12.8. The molecule has 0 fully saturated rings. The van der Waals surface area contributed by atoms with Gasteiger partial charge in [-0.1, -0.05) is 41.9 Å². The molecule has 1 atom stereocenters. The van der Waals surface area contributed by atoms with Crippen molar-refractivity contribution >= 4 is 22.6 Å². The Kier molecular flexibility index (Phi) is 3.35. The minimum Gasteiger partial charge on any atom is -0.320 e. The summed E-state index contributed by atoms with van der Waals surface area (Å²) in [5, 5.41) is 0.569. The van der Waals surface area contributed by atoms with Crippen molar-refractivity contribution in [3.63, 3.8) is 0 Å². The number of fused-ring (bicyclic) bond motifs is 1.